The first-order valence-corrected chi connectivity index (χ1v) is 11.4. The van der Waals surface area contributed by atoms with Gasteiger partial charge in [-0.2, -0.15) is 10.1 Å². The molecule has 0 unspecified atom stereocenters. The zero-order valence-electron chi connectivity index (χ0n) is 19.8. The fourth-order valence-corrected chi connectivity index (χ4v) is 4.53. The summed E-state index contributed by atoms with van der Waals surface area (Å²) in [5, 5.41) is 7.89. The molecule has 5 rings (SSSR count). The number of rotatable bonds is 4. The van der Waals surface area contributed by atoms with E-state index in [1.165, 1.54) is 0 Å². The number of nitrogens with zero attached hydrogens (tertiary/aromatic N) is 4. The van der Waals surface area contributed by atoms with Gasteiger partial charge in [-0.25, -0.2) is 4.52 Å². The monoisotopic (exact) mass is 467 g/mol. The molecule has 180 valence electrons. The molecule has 4 heterocycles. The summed E-state index contributed by atoms with van der Waals surface area (Å²) >= 11 is 0. The van der Waals surface area contributed by atoms with Gasteiger partial charge >= 0.3 is 0 Å². The van der Waals surface area contributed by atoms with Gasteiger partial charge in [0.05, 0.1) is 38.8 Å². The minimum absolute atomic E-state index is 0.0176. The highest BCUT2D eigenvalue weighted by molar-refractivity contribution is 5.84. The average molecular weight is 468 g/mol. The van der Waals surface area contributed by atoms with Crippen LogP contribution in [0.15, 0.2) is 30.6 Å². The molecule has 0 radical (unpaired) electrons. The van der Waals surface area contributed by atoms with Gasteiger partial charge in [-0.1, -0.05) is 0 Å². The summed E-state index contributed by atoms with van der Waals surface area (Å²) in [6.07, 6.45) is 3.55. The third-order valence-corrected chi connectivity index (χ3v) is 6.12. The van der Waals surface area contributed by atoms with E-state index in [0.29, 0.717) is 42.5 Å². The molecule has 2 aromatic heterocycles. The molecule has 0 saturated carbocycles. The molecule has 1 aromatic carbocycles. The maximum atomic E-state index is 13.1. The van der Waals surface area contributed by atoms with Crippen LogP contribution in [0.2, 0.25) is 0 Å². The molecule has 2 atom stereocenters. The van der Waals surface area contributed by atoms with Crippen LogP contribution in [-0.2, 0) is 9.53 Å². The lowest BCUT2D eigenvalue weighted by atomic mass is 10.1. The first-order chi connectivity index (χ1) is 16.5. The van der Waals surface area contributed by atoms with Gasteiger partial charge in [0, 0.05) is 36.8 Å². The highest BCUT2D eigenvalue weighted by atomic mass is 16.5. The number of methoxy groups -OCH3 is 2. The molecule has 1 fully saturated rings. The Balaban J connectivity index is 1.58. The molecular formula is C24H29N5O5. The zero-order valence-corrected chi connectivity index (χ0v) is 19.8. The van der Waals surface area contributed by atoms with E-state index >= 15 is 0 Å². The second-order valence-corrected chi connectivity index (χ2v) is 8.72. The maximum Gasteiger partial charge on any atom is 0.260 e. The van der Waals surface area contributed by atoms with E-state index in [4.69, 9.17) is 23.9 Å². The van der Waals surface area contributed by atoms with E-state index in [9.17, 15) is 4.79 Å². The van der Waals surface area contributed by atoms with Crippen molar-refractivity contribution >= 4 is 17.2 Å². The maximum absolute atomic E-state index is 13.1. The second kappa shape index (κ2) is 9.02. The Bertz CT molecular complexity index is 1210. The fourth-order valence-electron chi connectivity index (χ4n) is 4.53. The quantitative estimate of drug-likeness (QED) is 0.625. The van der Waals surface area contributed by atoms with Crippen molar-refractivity contribution in [2.45, 2.75) is 38.5 Å². The lowest BCUT2D eigenvalue weighted by Gasteiger charge is -2.25. The van der Waals surface area contributed by atoms with Crippen molar-refractivity contribution in [2.24, 2.45) is 0 Å². The third-order valence-electron chi connectivity index (χ3n) is 6.12. The van der Waals surface area contributed by atoms with E-state index in [1.807, 2.05) is 36.9 Å². The number of anilines is 1. The van der Waals surface area contributed by atoms with Crippen molar-refractivity contribution in [3.8, 4) is 28.5 Å². The second-order valence-electron chi connectivity index (χ2n) is 8.72. The highest BCUT2D eigenvalue weighted by Crippen LogP contribution is 2.34. The van der Waals surface area contributed by atoms with Gasteiger partial charge in [0.2, 0.25) is 0 Å². The Morgan fingerprint density at radius 2 is 2.06 bits per heavy atom. The normalized spacial score (nSPS) is 20.1. The predicted octanol–water partition coefficient (Wildman–Crippen LogP) is 2.61. The van der Waals surface area contributed by atoms with Crippen molar-refractivity contribution < 1.29 is 23.7 Å². The van der Waals surface area contributed by atoms with Gasteiger partial charge in [0.15, 0.2) is 11.4 Å². The summed E-state index contributed by atoms with van der Waals surface area (Å²) < 4.78 is 24.7. The van der Waals surface area contributed by atoms with Crippen LogP contribution in [0.4, 0.5) is 5.69 Å². The van der Waals surface area contributed by atoms with Crippen molar-refractivity contribution in [3.05, 3.63) is 30.6 Å². The molecule has 1 saturated heterocycles. The molecule has 34 heavy (non-hydrogen) atoms. The third kappa shape index (κ3) is 4.09. The highest BCUT2D eigenvalue weighted by Gasteiger charge is 2.41. The summed E-state index contributed by atoms with van der Waals surface area (Å²) in [6, 6.07) is 5.74. The largest absolute Gasteiger partial charge is 0.497 e. The summed E-state index contributed by atoms with van der Waals surface area (Å²) in [5.41, 5.74) is 3.26. The number of ether oxygens (including phenoxy) is 4. The number of hydrogen-bond donors (Lipinski definition) is 1. The van der Waals surface area contributed by atoms with Gasteiger partial charge in [-0.05, 0) is 31.5 Å². The van der Waals surface area contributed by atoms with E-state index in [2.05, 4.69) is 10.4 Å². The van der Waals surface area contributed by atoms with Crippen molar-refractivity contribution in [1.82, 2.24) is 19.5 Å². The van der Waals surface area contributed by atoms with Gasteiger partial charge in [0.1, 0.15) is 18.5 Å². The molecule has 10 nitrogen and oxygen atoms in total. The van der Waals surface area contributed by atoms with E-state index in [-0.39, 0.29) is 24.7 Å². The van der Waals surface area contributed by atoms with Crippen LogP contribution in [0, 0.1) is 0 Å². The lowest BCUT2D eigenvalue weighted by molar-refractivity contribution is -0.140. The molecular weight excluding hydrogens is 438 g/mol. The molecule has 2 aliphatic rings. The van der Waals surface area contributed by atoms with E-state index < -0.39 is 6.10 Å². The summed E-state index contributed by atoms with van der Waals surface area (Å²) in [7, 11) is 3.20. The number of aromatic nitrogens is 3. The molecule has 3 aromatic rings. The van der Waals surface area contributed by atoms with E-state index in [1.54, 1.807) is 31.1 Å². The van der Waals surface area contributed by atoms with Crippen LogP contribution in [0.3, 0.4) is 0 Å². The van der Waals surface area contributed by atoms with Crippen molar-refractivity contribution in [2.75, 3.05) is 39.2 Å². The van der Waals surface area contributed by atoms with Crippen LogP contribution >= 0.6 is 0 Å². The number of fused-ring (bicyclic) bond motifs is 5. The van der Waals surface area contributed by atoms with Crippen molar-refractivity contribution in [3.63, 3.8) is 0 Å². The number of amides is 1. The fraction of sp³-hybridized carbons (Fsp3) is 0.458. The topological polar surface area (TPSA) is 99.5 Å². The molecule has 2 aliphatic heterocycles. The molecule has 0 spiro atoms. The Labute approximate surface area is 197 Å². The molecule has 10 heteroatoms. The Kier molecular flexibility index (Phi) is 5.91. The smallest absolute Gasteiger partial charge is 0.260 e. The molecule has 1 N–H and O–H groups in total. The average Bonchev–Trinajstić information content (AvgIpc) is 3.36. The summed E-state index contributed by atoms with van der Waals surface area (Å²) in [5.74, 6) is 1.51. The van der Waals surface area contributed by atoms with Crippen LogP contribution in [0.5, 0.6) is 17.4 Å². The van der Waals surface area contributed by atoms with Crippen LogP contribution in [0.1, 0.15) is 20.3 Å². The molecule has 0 aliphatic carbocycles. The van der Waals surface area contributed by atoms with Crippen molar-refractivity contribution in [1.29, 1.82) is 0 Å². The van der Waals surface area contributed by atoms with Crippen LogP contribution in [-0.4, -0.2) is 77.6 Å². The molecule has 1 amide bonds. The first kappa shape index (κ1) is 22.3. The zero-order chi connectivity index (χ0) is 23.8. The number of nitrogens with one attached hydrogen (secondary N) is 1. The van der Waals surface area contributed by atoms with Gasteiger partial charge in [-0.3, -0.25) is 4.79 Å². The Morgan fingerprint density at radius 1 is 1.21 bits per heavy atom. The SMILES string of the molecule is COc1cc2cc(c1)-c1cnn3cc(OC)c(nc13)OC[C@@H]1C[C@@H](OC(C)C)C(=O)N1CCN2. The Hall–Kier alpha value is -3.53. The van der Waals surface area contributed by atoms with Crippen LogP contribution in [0.25, 0.3) is 16.8 Å². The number of benzene rings is 1. The summed E-state index contributed by atoms with van der Waals surface area (Å²) in [4.78, 5) is 19.7. The van der Waals surface area contributed by atoms with Crippen LogP contribution < -0.4 is 19.5 Å². The standard InChI is InChI=1S/C24H29N5O5/c1-14(2)34-20-10-17-13-33-23-21(32-4)12-29-22(27-23)19(11-26-29)15-7-16(9-18(8-15)31-3)25-5-6-28(17)24(20)30/h7-9,11-12,14,17,20,25H,5-6,10,13H2,1-4H3/t17-,20+/m0/s1. The Morgan fingerprint density at radius 3 is 2.82 bits per heavy atom. The minimum Gasteiger partial charge on any atom is -0.497 e. The van der Waals surface area contributed by atoms with E-state index in [0.717, 1.165) is 16.8 Å². The predicted molar refractivity (Wildman–Crippen MR) is 126 cm³/mol. The lowest BCUT2D eigenvalue weighted by Crippen LogP contribution is -2.41. The number of carbonyl (C=O) groups excluding carboxylic acids is 1. The first-order valence-electron chi connectivity index (χ1n) is 11.4. The van der Waals surface area contributed by atoms with Gasteiger partial charge in [-0.15, -0.1) is 0 Å². The minimum atomic E-state index is -0.480. The summed E-state index contributed by atoms with van der Waals surface area (Å²) in [6.45, 7) is 5.24. The number of carbonyl (C=O) groups is 1. The van der Waals surface area contributed by atoms with Gasteiger partial charge < -0.3 is 29.2 Å². The molecule has 4 bridgehead atoms. The van der Waals surface area contributed by atoms with Gasteiger partial charge in [0.25, 0.3) is 11.8 Å². The number of hydrogen-bond acceptors (Lipinski definition) is 8.